The number of aromatic nitrogens is 3. The zero-order chi connectivity index (χ0) is 26.5. The van der Waals surface area contributed by atoms with Crippen molar-refractivity contribution < 1.29 is 23.2 Å². The molecule has 1 unspecified atom stereocenters. The number of rotatable bonds is 7. The van der Waals surface area contributed by atoms with Crippen LogP contribution in [0.4, 0.5) is 14.9 Å². The number of carbonyl (C=O) groups excluding carboxylic acids is 1. The predicted molar refractivity (Wildman–Crippen MR) is 142 cm³/mol. The fourth-order valence-electron chi connectivity index (χ4n) is 4.08. The molecule has 8 nitrogen and oxygen atoms in total. The summed E-state index contributed by atoms with van der Waals surface area (Å²) in [5.74, 6) is -0.407. The summed E-state index contributed by atoms with van der Waals surface area (Å²) in [4.78, 5) is 15.5. The Balaban J connectivity index is 1.33. The van der Waals surface area contributed by atoms with E-state index in [4.69, 9.17) is 14.0 Å². The van der Waals surface area contributed by atoms with Gasteiger partial charge in [0.15, 0.2) is 0 Å². The van der Waals surface area contributed by atoms with Gasteiger partial charge in [-0.15, -0.1) is 0 Å². The summed E-state index contributed by atoms with van der Waals surface area (Å²) in [5.41, 5.74) is 0.0943. The summed E-state index contributed by atoms with van der Waals surface area (Å²) in [6, 6.07) is 3.17. The first-order valence-corrected chi connectivity index (χ1v) is 12.8. The lowest BCUT2D eigenvalue weighted by Crippen LogP contribution is -2.41. The second-order valence-corrected chi connectivity index (χ2v) is 11.9. The summed E-state index contributed by atoms with van der Waals surface area (Å²) in [5, 5.41) is 7.78. The maximum atomic E-state index is 14.1. The lowest BCUT2D eigenvalue weighted by molar-refractivity contribution is 0.00578. The van der Waals surface area contributed by atoms with Gasteiger partial charge in [-0.05, 0) is 73.4 Å². The van der Waals surface area contributed by atoms with Crippen molar-refractivity contribution in [2.45, 2.75) is 84.2 Å². The van der Waals surface area contributed by atoms with E-state index in [9.17, 15) is 9.18 Å². The van der Waals surface area contributed by atoms with Crippen LogP contribution in [0, 0.1) is 5.82 Å². The molecule has 1 atom stereocenters. The first-order chi connectivity index (χ1) is 16.7. The highest BCUT2D eigenvalue weighted by Gasteiger charge is 2.52. The number of halogens is 2. The van der Waals surface area contributed by atoms with Gasteiger partial charge in [-0.25, -0.2) is 9.18 Å². The molecular formula is C25H33BBrFN4O4. The summed E-state index contributed by atoms with van der Waals surface area (Å²) >= 11 is 3.28. The lowest BCUT2D eigenvalue weighted by atomic mass is 9.82. The van der Waals surface area contributed by atoms with Crippen LogP contribution < -0.4 is 10.8 Å². The molecule has 2 N–H and O–H groups in total. The van der Waals surface area contributed by atoms with Crippen molar-refractivity contribution in [1.82, 2.24) is 14.8 Å². The fourth-order valence-corrected chi connectivity index (χ4v) is 4.51. The van der Waals surface area contributed by atoms with Gasteiger partial charge in [-0.1, -0.05) is 15.9 Å². The molecule has 0 bridgehead atoms. The van der Waals surface area contributed by atoms with Gasteiger partial charge >= 0.3 is 13.2 Å². The van der Waals surface area contributed by atoms with Crippen LogP contribution in [0.1, 0.15) is 67.3 Å². The monoisotopic (exact) mass is 562 g/mol. The van der Waals surface area contributed by atoms with Crippen molar-refractivity contribution in [2.75, 3.05) is 5.32 Å². The molecule has 0 radical (unpaired) electrons. The number of anilines is 1. The highest BCUT2D eigenvalue weighted by molar-refractivity contribution is 9.10. The molecule has 0 saturated carbocycles. The minimum atomic E-state index is -0.724. The van der Waals surface area contributed by atoms with Crippen LogP contribution in [0.3, 0.4) is 0 Å². The van der Waals surface area contributed by atoms with Crippen LogP contribution in [0.15, 0.2) is 35.2 Å². The van der Waals surface area contributed by atoms with Crippen LogP contribution in [-0.2, 0) is 14.0 Å². The van der Waals surface area contributed by atoms with Crippen molar-refractivity contribution in [3.05, 3.63) is 41.0 Å². The second-order valence-electron chi connectivity index (χ2n) is 11.0. The molecule has 0 spiro atoms. The first-order valence-electron chi connectivity index (χ1n) is 12.0. The first kappa shape index (κ1) is 26.7. The molecule has 194 valence electrons. The third-order valence-electron chi connectivity index (χ3n) is 7.07. The number of hydrogen-bond acceptors (Lipinski definition) is 5. The number of nitrogens with one attached hydrogen (secondary N) is 2. The molecule has 1 aliphatic heterocycles. The highest BCUT2D eigenvalue weighted by Crippen LogP contribution is 2.36. The van der Waals surface area contributed by atoms with Gasteiger partial charge in [-0.3, -0.25) is 10.00 Å². The molecule has 11 heteroatoms. The Bertz CT molecular complexity index is 1260. The fraction of sp³-hybridized carbons (Fsp3) is 0.520. The number of H-pyrrole nitrogens is 1. The Morgan fingerprint density at radius 1 is 1.31 bits per heavy atom. The standard InChI is InChI=1S/C25H33BBrFN4O4/c1-15(32-14-16(12-30-32)26-35-24(4,5)25(6,7)36-26)8-9-23(2,3)34-22(33)31-20-13-29-21-18(20)10-17(27)11-19(21)28/h10-15,29H,8-9H2,1-7H3,(H,31,33). The summed E-state index contributed by atoms with van der Waals surface area (Å²) in [6.07, 6.45) is 6.01. The molecule has 0 aliphatic carbocycles. The van der Waals surface area contributed by atoms with Gasteiger partial charge in [0.2, 0.25) is 0 Å². The van der Waals surface area contributed by atoms with E-state index in [0.717, 1.165) is 11.9 Å². The van der Waals surface area contributed by atoms with Gasteiger partial charge in [0.1, 0.15) is 11.4 Å². The Kier molecular flexibility index (Phi) is 7.04. The van der Waals surface area contributed by atoms with Crippen LogP contribution in [0.25, 0.3) is 10.9 Å². The third-order valence-corrected chi connectivity index (χ3v) is 7.53. The second kappa shape index (κ2) is 9.50. The average Bonchev–Trinajstić information content (AvgIpc) is 3.43. The quantitative estimate of drug-likeness (QED) is 0.348. The summed E-state index contributed by atoms with van der Waals surface area (Å²) in [7, 11) is -0.460. The van der Waals surface area contributed by atoms with Crippen molar-refractivity contribution in [1.29, 1.82) is 0 Å². The Labute approximate surface area is 219 Å². The SMILES string of the molecule is CC(CCC(C)(C)OC(=O)Nc1c[nH]c2c(F)cc(Br)cc12)n1cc(B2OC(C)(C)C(C)(C)O2)cn1. The zero-order valence-electron chi connectivity index (χ0n) is 21.7. The molecule has 1 fully saturated rings. The van der Waals surface area contributed by atoms with Gasteiger partial charge in [-0.2, -0.15) is 5.10 Å². The summed E-state index contributed by atoms with van der Waals surface area (Å²) in [6.45, 7) is 13.9. The predicted octanol–water partition coefficient (Wildman–Crippen LogP) is 5.93. The average molecular weight is 563 g/mol. The number of benzene rings is 1. The van der Waals surface area contributed by atoms with Crippen LogP contribution in [0.5, 0.6) is 0 Å². The van der Waals surface area contributed by atoms with Gasteiger partial charge in [0, 0.05) is 40.0 Å². The molecule has 1 aromatic carbocycles. The van der Waals surface area contributed by atoms with Crippen molar-refractivity contribution in [2.24, 2.45) is 0 Å². The van der Waals surface area contributed by atoms with Crippen molar-refractivity contribution in [3.63, 3.8) is 0 Å². The topological polar surface area (TPSA) is 90.4 Å². The van der Waals surface area contributed by atoms with E-state index in [2.05, 4.69) is 38.3 Å². The number of nitrogens with zero attached hydrogens (tertiary/aromatic N) is 2. The largest absolute Gasteiger partial charge is 0.498 e. The van der Waals surface area contributed by atoms with E-state index in [1.165, 1.54) is 6.07 Å². The van der Waals surface area contributed by atoms with E-state index >= 15 is 0 Å². The third kappa shape index (κ3) is 5.48. The molecule has 36 heavy (non-hydrogen) atoms. The molecule has 1 saturated heterocycles. The normalized spacial score (nSPS) is 18.0. The Hall–Kier alpha value is -2.37. The molecule has 3 heterocycles. The van der Waals surface area contributed by atoms with Crippen molar-refractivity contribution in [3.8, 4) is 0 Å². The van der Waals surface area contributed by atoms with E-state index < -0.39 is 35.8 Å². The van der Waals surface area contributed by atoms with Crippen LogP contribution >= 0.6 is 15.9 Å². The van der Waals surface area contributed by atoms with Crippen LogP contribution in [0.2, 0.25) is 0 Å². The highest BCUT2D eigenvalue weighted by atomic mass is 79.9. The van der Waals surface area contributed by atoms with E-state index in [1.807, 2.05) is 52.4 Å². The van der Waals surface area contributed by atoms with E-state index in [0.29, 0.717) is 27.5 Å². The van der Waals surface area contributed by atoms with Gasteiger partial charge in [0.05, 0.1) is 22.4 Å². The van der Waals surface area contributed by atoms with E-state index in [-0.39, 0.29) is 6.04 Å². The Morgan fingerprint density at radius 3 is 2.64 bits per heavy atom. The maximum absolute atomic E-state index is 14.1. The molecular weight excluding hydrogens is 530 g/mol. The number of aromatic amines is 1. The van der Waals surface area contributed by atoms with Crippen molar-refractivity contribution >= 4 is 51.2 Å². The number of fused-ring (bicyclic) bond motifs is 1. The number of carbonyl (C=O) groups is 1. The molecule has 2 aromatic heterocycles. The summed E-state index contributed by atoms with van der Waals surface area (Å²) < 4.78 is 34.5. The molecule has 1 amide bonds. The number of ether oxygens (including phenoxy) is 1. The van der Waals surface area contributed by atoms with Gasteiger partial charge < -0.3 is 19.0 Å². The van der Waals surface area contributed by atoms with Gasteiger partial charge in [0.25, 0.3) is 0 Å². The maximum Gasteiger partial charge on any atom is 0.498 e. The smallest absolute Gasteiger partial charge is 0.443 e. The van der Waals surface area contributed by atoms with Crippen LogP contribution in [-0.4, -0.2) is 44.8 Å². The van der Waals surface area contributed by atoms with E-state index in [1.54, 1.807) is 18.5 Å². The molecule has 1 aliphatic rings. The zero-order valence-corrected chi connectivity index (χ0v) is 23.3. The Morgan fingerprint density at radius 2 is 1.97 bits per heavy atom. The number of hydrogen-bond donors (Lipinski definition) is 2. The molecule has 4 rings (SSSR count). The minimum Gasteiger partial charge on any atom is -0.443 e. The minimum absolute atomic E-state index is 0.0704. The number of amides is 1. The molecule has 3 aromatic rings. The lowest BCUT2D eigenvalue weighted by Gasteiger charge is -2.32.